The van der Waals surface area contributed by atoms with Gasteiger partial charge in [-0.1, -0.05) is 19.1 Å². The fraction of sp³-hybridized carbons (Fsp3) is 0.500. The Balaban J connectivity index is 0.00000120. The average Bonchev–Trinajstić information content (AvgIpc) is 2.78. The fourth-order valence-electron chi connectivity index (χ4n) is 2.81. The minimum atomic E-state index is 0. The summed E-state index contributed by atoms with van der Waals surface area (Å²) in [4.78, 5) is 4.74. The number of hydrogen-bond acceptors (Lipinski definition) is 2. The Bertz CT molecular complexity index is 515. The van der Waals surface area contributed by atoms with Crippen LogP contribution in [0.15, 0.2) is 24.3 Å². The van der Waals surface area contributed by atoms with E-state index < -0.39 is 0 Å². The summed E-state index contributed by atoms with van der Waals surface area (Å²) in [7, 11) is 0. The second-order valence-corrected chi connectivity index (χ2v) is 4.74. The molecule has 0 radical (unpaired) electrons. The van der Waals surface area contributed by atoms with Gasteiger partial charge >= 0.3 is 0 Å². The van der Waals surface area contributed by atoms with Crippen LogP contribution in [0.3, 0.4) is 0 Å². The van der Waals surface area contributed by atoms with Crippen LogP contribution in [-0.2, 0) is 6.42 Å². The van der Waals surface area contributed by atoms with Gasteiger partial charge in [-0.05, 0) is 31.5 Å². The highest BCUT2D eigenvalue weighted by Gasteiger charge is 2.19. The molecule has 98 valence electrons. The summed E-state index contributed by atoms with van der Waals surface area (Å²) in [5.41, 5.74) is 2.42. The first-order chi connectivity index (χ1) is 8.40. The zero-order valence-corrected chi connectivity index (χ0v) is 11.5. The van der Waals surface area contributed by atoms with Crippen molar-refractivity contribution in [3.05, 3.63) is 30.1 Å². The number of hydrogen-bond donors (Lipinski definition) is 1. The van der Waals surface area contributed by atoms with Gasteiger partial charge in [-0.2, -0.15) is 0 Å². The van der Waals surface area contributed by atoms with Crippen LogP contribution in [0.4, 0.5) is 0 Å². The maximum absolute atomic E-state index is 4.74. The lowest BCUT2D eigenvalue weighted by atomic mass is 10.1. The smallest absolute Gasteiger partial charge is 0.109 e. The second kappa shape index (κ2) is 5.72. The summed E-state index contributed by atoms with van der Waals surface area (Å²) < 4.78 is 2.45. The van der Waals surface area contributed by atoms with Crippen molar-refractivity contribution in [1.82, 2.24) is 14.9 Å². The fourth-order valence-corrected chi connectivity index (χ4v) is 2.81. The Kier molecular flexibility index (Phi) is 4.25. The molecule has 1 aromatic carbocycles. The van der Waals surface area contributed by atoms with Gasteiger partial charge < -0.3 is 9.88 Å². The monoisotopic (exact) mass is 265 g/mol. The molecule has 0 spiro atoms. The zero-order chi connectivity index (χ0) is 11.7. The number of nitrogens with one attached hydrogen (secondary N) is 1. The van der Waals surface area contributed by atoms with Crippen molar-refractivity contribution in [3.8, 4) is 0 Å². The van der Waals surface area contributed by atoms with Crippen molar-refractivity contribution in [3.63, 3.8) is 0 Å². The molecular formula is C14H20ClN3. The number of aryl methyl sites for hydroxylation is 1. The molecule has 2 heterocycles. The Morgan fingerprint density at radius 3 is 2.94 bits per heavy atom. The number of halogens is 1. The first kappa shape index (κ1) is 13.4. The number of para-hydroxylation sites is 2. The number of benzene rings is 1. The van der Waals surface area contributed by atoms with Crippen LogP contribution in [0.5, 0.6) is 0 Å². The van der Waals surface area contributed by atoms with Gasteiger partial charge in [0.1, 0.15) is 5.82 Å². The van der Waals surface area contributed by atoms with Gasteiger partial charge in [0.05, 0.1) is 11.0 Å². The molecule has 1 saturated heterocycles. The first-order valence-electron chi connectivity index (χ1n) is 6.56. The van der Waals surface area contributed by atoms with Gasteiger partial charge in [-0.15, -0.1) is 12.4 Å². The second-order valence-electron chi connectivity index (χ2n) is 4.74. The van der Waals surface area contributed by atoms with Crippen LogP contribution in [0.2, 0.25) is 0 Å². The standard InChI is InChI=1S/C14H19N3.ClH/c1-2-14-16-12-7-3-4-8-13(12)17(14)11-6-5-9-15-10-11;/h3-4,7-8,11,15H,2,5-6,9-10H2,1H3;1H. The summed E-state index contributed by atoms with van der Waals surface area (Å²) in [6.45, 7) is 4.42. The number of rotatable bonds is 2. The Morgan fingerprint density at radius 2 is 2.22 bits per heavy atom. The molecule has 1 unspecified atom stereocenters. The van der Waals surface area contributed by atoms with E-state index in [-0.39, 0.29) is 12.4 Å². The van der Waals surface area contributed by atoms with Crippen LogP contribution in [0, 0.1) is 0 Å². The van der Waals surface area contributed by atoms with Crippen molar-refractivity contribution >= 4 is 23.4 Å². The lowest BCUT2D eigenvalue weighted by Crippen LogP contribution is -2.32. The molecule has 1 aliphatic rings. The first-order valence-corrected chi connectivity index (χ1v) is 6.56. The van der Waals surface area contributed by atoms with E-state index >= 15 is 0 Å². The van der Waals surface area contributed by atoms with Crippen LogP contribution in [0.1, 0.15) is 31.6 Å². The van der Waals surface area contributed by atoms with Gasteiger partial charge in [-0.3, -0.25) is 0 Å². The molecule has 0 aliphatic carbocycles. The number of nitrogens with zero attached hydrogens (tertiary/aromatic N) is 2. The van der Waals surface area contributed by atoms with E-state index in [9.17, 15) is 0 Å². The van der Waals surface area contributed by atoms with Crippen LogP contribution in [-0.4, -0.2) is 22.6 Å². The highest BCUT2D eigenvalue weighted by molar-refractivity contribution is 5.85. The predicted octanol–water partition coefficient (Wildman–Crippen LogP) is 2.95. The van der Waals surface area contributed by atoms with E-state index in [1.54, 1.807) is 0 Å². The van der Waals surface area contributed by atoms with Crippen molar-refractivity contribution in [2.75, 3.05) is 13.1 Å². The number of piperidine rings is 1. The highest BCUT2D eigenvalue weighted by Crippen LogP contribution is 2.25. The highest BCUT2D eigenvalue weighted by atomic mass is 35.5. The maximum Gasteiger partial charge on any atom is 0.109 e. The normalized spacial score (nSPS) is 19.7. The Labute approximate surface area is 114 Å². The predicted molar refractivity (Wildman–Crippen MR) is 77.5 cm³/mol. The van der Waals surface area contributed by atoms with E-state index in [0.717, 1.165) is 25.0 Å². The quantitative estimate of drug-likeness (QED) is 0.905. The lowest BCUT2D eigenvalue weighted by molar-refractivity contribution is 0.371. The molecule has 1 aliphatic heterocycles. The van der Waals surface area contributed by atoms with E-state index in [0.29, 0.717) is 6.04 Å². The molecule has 1 aromatic heterocycles. The number of imidazole rings is 1. The number of fused-ring (bicyclic) bond motifs is 1. The van der Waals surface area contributed by atoms with E-state index in [4.69, 9.17) is 4.98 Å². The molecule has 3 rings (SSSR count). The summed E-state index contributed by atoms with van der Waals surface area (Å²) in [5.74, 6) is 1.22. The average molecular weight is 266 g/mol. The van der Waals surface area contributed by atoms with Gasteiger partial charge in [-0.25, -0.2) is 4.98 Å². The van der Waals surface area contributed by atoms with Crippen molar-refractivity contribution < 1.29 is 0 Å². The van der Waals surface area contributed by atoms with Crippen molar-refractivity contribution in [2.24, 2.45) is 0 Å². The zero-order valence-electron chi connectivity index (χ0n) is 10.7. The molecule has 4 heteroatoms. The molecule has 18 heavy (non-hydrogen) atoms. The molecule has 3 nitrogen and oxygen atoms in total. The minimum absolute atomic E-state index is 0. The van der Waals surface area contributed by atoms with E-state index in [1.807, 2.05) is 0 Å². The Hall–Kier alpha value is -1.06. The molecule has 2 aromatic rings. The molecule has 1 fully saturated rings. The van der Waals surface area contributed by atoms with Gasteiger partial charge in [0.2, 0.25) is 0 Å². The molecular weight excluding hydrogens is 246 g/mol. The SMILES string of the molecule is CCc1nc2ccccc2n1C1CCCNC1.Cl. The van der Waals surface area contributed by atoms with Crippen molar-refractivity contribution in [1.29, 1.82) is 0 Å². The summed E-state index contributed by atoms with van der Waals surface area (Å²) in [5, 5.41) is 3.49. The topological polar surface area (TPSA) is 29.9 Å². The van der Waals surface area contributed by atoms with E-state index in [1.165, 1.54) is 24.2 Å². The summed E-state index contributed by atoms with van der Waals surface area (Å²) in [6, 6.07) is 9.05. The maximum atomic E-state index is 4.74. The van der Waals surface area contributed by atoms with Crippen molar-refractivity contribution in [2.45, 2.75) is 32.2 Å². The molecule has 1 atom stereocenters. The van der Waals surface area contributed by atoms with Gasteiger partial charge in [0, 0.05) is 19.0 Å². The summed E-state index contributed by atoms with van der Waals surface area (Å²) >= 11 is 0. The minimum Gasteiger partial charge on any atom is -0.324 e. The van der Waals surface area contributed by atoms with E-state index in [2.05, 4.69) is 41.1 Å². The number of aromatic nitrogens is 2. The third-order valence-corrected chi connectivity index (χ3v) is 3.62. The molecule has 0 saturated carbocycles. The summed E-state index contributed by atoms with van der Waals surface area (Å²) in [6.07, 6.45) is 3.53. The molecule has 0 bridgehead atoms. The molecule has 0 amide bonds. The van der Waals surface area contributed by atoms with Crippen LogP contribution >= 0.6 is 12.4 Å². The lowest BCUT2D eigenvalue weighted by Gasteiger charge is -2.26. The molecule has 1 N–H and O–H groups in total. The van der Waals surface area contributed by atoms with Gasteiger partial charge in [0.25, 0.3) is 0 Å². The third kappa shape index (κ3) is 2.25. The Morgan fingerprint density at radius 1 is 1.39 bits per heavy atom. The van der Waals surface area contributed by atoms with Crippen LogP contribution < -0.4 is 5.32 Å². The van der Waals surface area contributed by atoms with Crippen LogP contribution in [0.25, 0.3) is 11.0 Å². The van der Waals surface area contributed by atoms with Gasteiger partial charge in [0.15, 0.2) is 0 Å². The largest absolute Gasteiger partial charge is 0.324 e. The third-order valence-electron chi connectivity index (χ3n) is 3.62.